The number of halogens is 1. The van der Waals surface area contributed by atoms with E-state index in [1.54, 1.807) is 25.1 Å². The maximum absolute atomic E-state index is 11.5. The monoisotopic (exact) mass is 254 g/mol. The Labute approximate surface area is 102 Å². The lowest BCUT2D eigenvalue weighted by Gasteiger charge is -2.09. The fourth-order valence-corrected chi connectivity index (χ4v) is 1.79. The summed E-state index contributed by atoms with van der Waals surface area (Å²) in [5.74, 6) is -0.695. The van der Waals surface area contributed by atoms with Crippen LogP contribution >= 0.6 is 11.6 Å². The van der Waals surface area contributed by atoms with Crippen LogP contribution < -0.4 is 0 Å². The number of benzene rings is 1. The Kier molecular flexibility index (Phi) is 3.31. The van der Waals surface area contributed by atoms with Gasteiger partial charge in [-0.25, -0.2) is 4.79 Å². The van der Waals surface area contributed by atoms with E-state index >= 15 is 0 Å². The number of aromatic nitrogens is 2. The lowest BCUT2D eigenvalue weighted by molar-refractivity contribution is -0.153. The van der Waals surface area contributed by atoms with Gasteiger partial charge in [-0.3, -0.25) is 5.10 Å². The minimum absolute atomic E-state index is 0.215. The van der Waals surface area contributed by atoms with Crippen LogP contribution in [0.1, 0.15) is 18.6 Å². The fraction of sp³-hybridized carbons (Fsp3) is 0.273. The van der Waals surface area contributed by atoms with Crippen molar-refractivity contribution >= 4 is 28.5 Å². The maximum atomic E-state index is 11.5. The molecule has 0 amide bonds. The predicted molar refractivity (Wildman–Crippen MR) is 62.7 cm³/mol. The average Bonchev–Trinajstić information content (AvgIpc) is 2.71. The molecule has 0 aliphatic rings. The molecule has 2 aromatic rings. The van der Waals surface area contributed by atoms with Crippen molar-refractivity contribution in [3.63, 3.8) is 0 Å². The Morgan fingerprint density at radius 3 is 3.12 bits per heavy atom. The minimum atomic E-state index is -1.35. The molecule has 1 aromatic heterocycles. The molecular weight excluding hydrogens is 244 g/mol. The third-order valence-electron chi connectivity index (χ3n) is 2.37. The molecule has 1 atom stereocenters. The van der Waals surface area contributed by atoms with Crippen molar-refractivity contribution in [1.29, 1.82) is 0 Å². The first-order chi connectivity index (χ1) is 8.15. The summed E-state index contributed by atoms with van der Waals surface area (Å²) in [4.78, 5) is 11.5. The second-order valence-corrected chi connectivity index (χ2v) is 3.81. The molecule has 0 aliphatic carbocycles. The molecule has 2 rings (SSSR count). The number of nitrogens with zero attached hydrogens (tertiary/aromatic N) is 1. The van der Waals surface area contributed by atoms with Gasteiger partial charge in [-0.2, -0.15) is 5.10 Å². The number of H-pyrrole nitrogens is 1. The number of aromatic amines is 1. The molecule has 0 radical (unpaired) electrons. The van der Waals surface area contributed by atoms with E-state index in [1.807, 2.05) is 0 Å². The van der Waals surface area contributed by atoms with E-state index < -0.39 is 12.1 Å². The molecule has 0 fully saturated rings. The number of ether oxygens (including phenoxy) is 1. The van der Waals surface area contributed by atoms with Crippen LogP contribution in [0.2, 0.25) is 5.15 Å². The summed E-state index contributed by atoms with van der Waals surface area (Å²) in [6.45, 7) is 1.89. The van der Waals surface area contributed by atoms with E-state index in [2.05, 4.69) is 10.2 Å². The highest BCUT2D eigenvalue weighted by Crippen LogP contribution is 2.27. The van der Waals surface area contributed by atoms with Crippen molar-refractivity contribution in [3.05, 3.63) is 28.9 Å². The van der Waals surface area contributed by atoms with Gasteiger partial charge in [0.25, 0.3) is 0 Å². The highest BCUT2D eigenvalue weighted by atomic mass is 35.5. The zero-order chi connectivity index (χ0) is 12.4. The van der Waals surface area contributed by atoms with Crippen LogP contribution in [0.25, 0.3) is 10.9 Å². The summed E-state index contributed by atoms with van der Waals surface area (Å²) >= 11 is 5.87. The van der Waals surface area contributed by atoms with Crippen LogP contribution in [-0.4, -0.2) is 27.9 Å². The number of hydrogen-bond donors (Lipinski definition) is 2. The summed E-state index contributed by atoms with van der Waals surface area (Å²) < 4.78 is 4.75. The number of nitrogens with one attached hydrogen (secondary N) is 1. The lowest BCUT2D eigenvalue weighted by Crippen LogP contribution is -2.15. The number of aliphatic hydroxyl groups is 1. The number of esters is 1. The van der Waals surface area contributed by atoms with Crippen molar-refractivity contribution in [2.24, 2.45) is 0 Å². The number of carbonyl (C=O) groups excluding carboxylic acids is 1. The van der Waals surface area contributed by atoms with Gasteiger partial charge >= 0.3 is 5.97 Å². The Hall–Kier alpha value is -1.59. The zero-order valence-corrected chi connectivity index (χ0v) is 9.86. The molecule has 6 heteroatoms. The normalized spacial score (nSPS) is 12.6. The van der Waals surface area contributed by atoms with Crippen molar-refractivity contribution < 1.29 is 14.6 Å². The first kappa shape index (κ1) is 11.9. The van der Waals surface area contributed by atoms with Crippen LogP contribution in [0, 0.1) is 0 Å². The Morgan fingerprint density at radius 1 is 1.65 bits per heavy atom. The molecule has 0 saturated carbocycles. The van der Waals surface area contributed by atoms with Gasteiger partial charge in [-0.05, 0) is 13.0 Å². The smallest absolute Gasteiger partial charge is 0.339 e. The summed E-state index contributed by atoms with van der Waals surface area (Å²) in [6, 6.07) is 5.06. The molecule has 1 aromatic carbocycles. The Balaban J connectivity index is 2.45. The van der Waals surface area contributed by atoms with Crippen LogP contribution in [0.15, 0.2) is 18.2 Å². The van der Waals surface area contributed by atoms with Gasteiger partial charge in [-0.1, -0.05) is 23.7 Å². The highest BCUT2D eigenvalue weighted by Gasteiger charge is 2.22. The number of fused-ring (bicyclic) bond motifs is 1. The third kappa shape index (κ3) is 2.11. The van der Waals surface area contributed by atoms with Gasteiger partial charge < -0.3 is 9.84 Å². The second kappa shape index (κ2) is 4.73. The van der Waals surface area contributed by atoms with Crippen molar-refractivity contribution in [2.45, 2.75) is 13.0 Å². The molecule has 0 saturated heterocycles. The number of aliphatic hydroxyl groups excluding tert-OH is 1. The van der Waals surface area contributed by atoms with E-state index in [9.17, 15) is 9.90 Å². The fourth-order valence-electron chi connectivity index (χ4n) is 1.60. The molecular formula is C11H11ClN2O3. The largest absolute Gasteiger partial charge is 0.464 e. The topological polar surface area (TPSA) is 75.2 Å². The van der Waals surface area contributed by atoms with Crippen molar-refractivity contribution in [3.8, 4) is 0 Å². The van der Waals surface area contributed by atoms with E-state index in [-0.39, 0.29) is 6.61 Å². The van der Waals surface area contributed by atoms with Gasteiger partial charge in [0.1, 0.15) is 10.7 Å². The molecule has 0 bridgehead atoms. The number of hydrogen-bond acceptors (Lipinski definition) is 4. The van der Waals surface area contributed by atoms with Gasteiger partial charge in [0.05, 0.1) is 6.61 Å². The standard InChI is InChI=1S/C11H11ClN2O3/c1-2-17-11(16)9(15)6-4-3-5-7-8(6)13-14-10(7)12/h3-5,9,15H,2H2,1H3,(H,13,14). The van der Waals surface area contributed by atoms with Crippen LogP contribution in [0.5, 0.6) is 0 Å². The quantitative estimate of drug-likeness (QED) is 0.819. The second-order valence-electron chi connectivity index (χ2n) is 3.44. The number of para-hydroxylation sites is 1. The molecule has 2 N–H and O–H groups in total. The first-order valence-electron chi connectivity index (χ1n) is 5.12. The third-order valence-corrected chi connectivity index (χ3v) is 2.66. The maximum Gasteiger partial charge on any atom is 0.339 e. The Bertz CT molecular complexity index is 553. The summed E-state index contributed by atoms with van der Waals surface area (Å²) in [5.41, 5.74) is 0.849. The van der Waals surface area contributed by atoms with E-state index in [0.29, 0.717) is 21.6 Å². The summed E-state index contributed by atoms with van der Waals surface area (Å²) in [7, 11) is 0. The Morgan fingerprint density at radius 2 is 2.41 bits per heavy atom. The van der Waals surface area contributed by atoms with E-state index in [0.717, 1.165) is 0 Å². The predicted octanol–water partition coefficient (Wildman–Crippen LogP) is 1.81. The van der Waals surface area contributed by atoms with Crippen LogP contribution in [0.4, 0.5) is 0 Å². The van der Waals surface area contributed by atoms with Gasteiger partial charge in [-0.15, -0.1) is 0 Å². The van der Waals surface area contributed by atoms with Gasteiger partial charge in [0, 0.05) is 10.9 Å². The molecule has 0 aliphatic heterocycles. The molecule has 17 heavy (non-hydrogen) atoms. The van der Waals surface area contributed by atoms with Gasteiger partial charge in [0.2, 0.25) is 0 Å². The first-order valence-corrected chi connectivity index (χ1v) is 5.50. The highest BCUT2D eigenvalue weighted by molar-refractivity contribution is 6.34. The van der Waals surface area contributed by atoms with Gasteiger partial charge in [0.15, 0.2) is 6.10 Å². The minimum Gasteiger partial charge on any atom is -0.464 e. The molecule has 5 nitrogen and oxygen atoms in total. The van der Waals surface area contributed by atoms with Crippen molar-refractivity contribution in [1.82, 2.24) is 10.2 Å². The number of rotatable bonds is 3. The van der Waals surface area contributed by atoms with E-state index in [1.165, 1.54) is 0 Å². The molecule has 1 heterocycles. The average molecular weight is 255 g/mol. The van der Waals surface area contributed by atoms with E-state index in [4.69, 9.17) is 16.3 Å². The molecule has 1 unspecified atom stereocenters. The zero-order valence-electron chi connectivity index (χ0n) is 9.11. The lowest BCUT2D eigenvalue weighted by atomic mass is 10.1. The molecule has 90 valence electrons. The van der Waals surface area contributed by atoms with Crippen LogP contribution in [-0.2, 0) is 9.53 Å². The van der Waals surface area contributed by atoms with Crippen molar-refractivity contribution in [2.75, 3.05) is 6.61 Å². The van der Waals surface area contributed by atoms with Crippen LogP contribution in [0.3, 0.4) is 0 Å². The molecule has 0 spiro atoms. The SMILES string of the molecule is CCOC(=O)C(O)c1cccc2c(Cl)[nH]nc12. The summed E-state index contributed by atoms with van der Waals surface area (Å²) in [5, 5.41) is 17.4. The number of carbonyl (C=O) groups is 1. The summed E-state index contributed by atoms with van der Waals surface area (Å²) in [6.07, 6.45) is -1.35.